The van der Waals surface area contributed by atoms with Gasteiger partial charge in [-0.25, -0.2) is 0 Å². The second-order valence-electron chi connectivity index (χ2n) is 6.98. The van der Waals surface area contributed by atoms with Crippen molar-refractivity contribution < 1.29 is 32.4 Å². The quantitative estimate of drug-likeness (QED) is 0.562. The van der Waals surface area contributed by atoms with Crippen LogP contribution in [0.2, 0.25) is 0 Å². The highest BCUT2D eigenvalue weighted by Gasteiger charge is 2.35. The number of benzene rings is 2. The maximum atomic E-state index is 12.9. The molecule has 2 aromatic carbocycles. The molecule has 1 atom stereocenters. The zero-order valence-corrected chi connectivity index (χ0v) is 16.3. The van der Waals surface area contributed by atoms with Crippen LogP contribution in [-0.2, 0) is 4.79 Å². The lowest BCUT2D eigenvalue weighted by atomic mass is 10.1. The van der Waals surface area contributed by atoms with Gasteiger partial charge in [-0.15, -0.1) is 13.2 Å². The third kappa shape index (κ3) is 5.30. The first-order chi connectivity index (χ1) is 14.5. The van der Waals surface area contributed by atoms with Gasteiger partial charge in [0, 0.05) is 29.4 Å². The number of nitro groups is 1. The summed E-state index contributed by atoms with van der Waals surface area (Å²) in [5.74, 6) is -1.32. The minimum Gasteiger partial charge on any atom is -0.406 e. The van der Waals surface area contributed by atoms with Crippen molar-refractivity contribution in [3.05, 3.63) is 63.7 Å². The Morgan fingerprint density at radius 1 is 1.19 bits per heavy atom. The fourth-order valence-corrected chi connectivity index (χ4v) is 3.41. The van der Waals surface area contributed by atoms with Crippen molar-refractivity contribution in [1.82, 2.24) is 4.90 Å². The van der Waals surface area contributed by atoms with Gasteiger partial charge in [-0.05, 0) is 56.2 Å². The fourth-order valence-electron chi connectivity index (χ4n) is 3.41. The predicted octanol–water partition coefficient (Wildman–Crippen LogP) is 4.05. The zero-order chi connectivity index (χ0) is 22.8. The molecule has 0 bridgehead atoms. The molecular formula is C20H18F3N3O5. The Labute approximate surface area is 174 Å². The molecule has 1 aliphatic heterocycles. The van der Waals surface area contributed by atoms with Crippen molar-refractivity contribution >= 4 is 23.2 Å². The lowest BCUT2D eigenvalue weighted by Gasteiger charge is -2.24. The third-order valence-corrected chi connectivity index (χ3v) is 4.81. The highest BCUT2D eigenvalue weighted by atomic mass is 19.4. The number of hydrogen-bond donors (Lipinski definition) is 1. The van der Waals surface area contributed by atoms with Gasteiger partial charge in [0.2, 0.25) is 5.91 Å². The van der Waals surface area contributed by atoms with Crippen LogP contribution in [0.15, 0.2) is 42.5 Å². The maximum absolute atomic E-state index is 12.9. The van der Waals surface area contributed by atoms with Gasteiger partial charge in [-0.3, -0.25) is 19.7 Å². The van der Waals surface area contributed by atoms with Crippen LogP contribution in [0.1, 0.15) is 28.8 Å². The summed E-state index contributed by atoms with van der Waals surface area (Å²) < 4.78 is 40.5. The number of carbonyl (C=O) groups excluding carboxylic acids is 2. The first-order valence-electron chi connectivity index (χ1n) is 9.28. The lowest BCUT2D eigenvalue weighted by molar-refractivity contribution is -0.385. The number of nitro benzene ring substituents is 1. The van der Waals surface area contributed by atoms with Crippen LogP contribution in [0, 0.1) is 17.0 Å². The molecular weight excluding hydrogens is 419 g/mol. The van der Waals surface area contributed by atoms with Gasteiger partial charge in [-0.1, -0.05) is 0 Å². The van der Waals surface area contributed by atoms with Gasteiger partial charge in [-0.2, -0.15) is 0 Å². The maximum Gasteiger partial charge on any atom is 0.573 e. The molecule has 0 saturated carbocycles. The molecule has 31 heavy (non-hydrogen) atoms. The highest BCUT2D eigenvalue weighted by Crippen LogP contribution is 2.26. The Morgan fingerprint density at radius 3 is 2.45 bits per heavy atom. The number of nitrogens with one attached hydrogen (secondary N) is 1. The number of amides is 2. The van der Waals surface area contributed by atoms with Crippen molar-refractivity contribution in [3.63, 3.8) is 0 Å². The molecule has 1 fully saturated rings. The fraction of sp³-hybridized carbons (Fsp3) is 0.300. The van der Waals surface area contributed by atoms with E-state index in [4.69, 9.17) is 0 Å². The van der Waals surface area contributed by atoms with Gasteiger partial charge < -0.3 is 15.0 Å². The van der Waals surface area contributed by atoms with Crippen LogP contribution in [-0.4, -0.2) is 40.6 Å². The van der Waals surface area contributed by atoms with Crippen molar-refractivity contribution in [2.45, 2.75) is 32.2 Å². The predicted molar refractivity (Wildman–Crippen MR) is 104 cm³/mol. The minimum atomic E-state index is -4.81. The lowest BCUT2D eigenvalue weighted by Crippen LogP contribution is -2.43. The summed E-state index contributed by atoms with van der Waals surface area (Å²) in [4.78, 5) is 37.4. The molecule has 1 N–H and O–H groups in total. The van der Waals surface area contributed by atoms with Crippen LogP contribution < -0.4 is 10.1 Å². The van der Waals surface area contributed by atoms with Gasteiger partial charge in [0.1, 0.15) is 11.8 Å². The topological polar surface area (TPSA) is 102 Å². The molecule has 1 saturated heterocycles. The number of hydrogen-bond acceptors (Lipinski definition) is 5. The number of halogens is 3. The number of alkyl halides is 3. The van der Waals surface area contributed by atoms with E-state index < -0.39 is 34.9 Å². The van der Waals surface area contributed by atoms with E-state index >= 15 is 0 Å². The molecule has 1 heterocycles. The Balaban J connectivity index is 1.69. The Kier molecular flexibility index (Phi) is 6.14. The van der Waals surface area contributed by atoms with E-state index in [1.165, 1.54) is 42.2 Å². The second-order valence-corrected chi connectivity index (χ2v) is 6.98. The monoisotopic (exact) mass is 437 g/mol. The summed E-state index contributed by atoms with van der Waals surface area (Å²) in [5, 5.41) is 13.5. The summed E-state index contributed by atoms with van der Waals surface area (Å²) in [5.41, 5.74) is 0.712. The first-order valence-corrected chi connectivity index (χ1v) is 9.28. The van der Waals surface area contributed by atoms with Crippen molar-refractivity contribution in [3.8, 4) is 5.75 Å². The molecule has 2 aromatic rings. The molecule has 1 unspecified atom stereocenters. The number of nitrogens with zero attached hydrogens (tertiary/aromatic N) is 2. The smallest absolute Gasteiger partial charge is 0.406 e. The molecule has 1 aliphatic rings. The average Bonchev–Trinajstić information content (AvgIpc) is 3.17. The Morgan fingerprint density at radius 2 is 1.87 bits per heavy atom. The van der Waals surface area contributed by atoms with E-state index in [0.29, 0.717) is 24.9 Å². The molecule has 8 nitrogen and oxygen atoms in total. The van der Waals surface area contributed by atoms with Crippen LogP contribution in [0.4, 0.5) is 24.5 Å². The SMILES string of the molecule is Cc1cc(C(=O)N2CCCC2C(=O)Nc2ccc(OC(F)(F)F)cc2)ccc1[N+](=O)[O-]. The van der Waals surface area contributed by atoms with Crippen LogP contribution >= 0.6 is 0 Å². The number of anilines is 1. The van der Waals surface area contributed by atoms with Crippen LogP contribution in [0.3, 0.4) is 0 Å². The van der Waals surface area contributed by atoms with Gasteiger partial charge in [0.15, 0.2) is 0 Å². The normalized spacial score (nSPS) is 16.1. The summed E-state index contributed by atoms with van der Waals surface area (Å²) in [6, 6.07) is 7.90. The summed E-state index contributed by atoms with van der Waals surface area (Å²) in [6.07, 6.45) is -3.81. The number of aryl methyl sites for hydroxylation is 1. The van der Waals surface area contributed by atoms with Crippen molar-refractivity contribution in [1.29, 1.82) is 0 Å². The minimum absolute atomic E-state index is 0.106. The first kappa shape index (κ1) is 22.1. The number of likely N-dealkylation sites (tertiary alicyclic amines) is 1. The summed E-state index contributed by atoms with van der Waals surface area (Å²) >= 11 is 0. The average molecular weight is 437 g/mol. The second kappa shape index (κ2) is 8.62. The Bertz CT molecular complexity index is 1010. The number of rotatable bonds is 5. The molecule has 2 amide bonds. The molecule has 0 aromatic heterocycles. The highest BCUT2D eigenvalue weighted by molar-refractivity contribution is 6.01. The summed E-state index contributed by atoms with van der Waals surface area (Å²) in [7, 11) is 0. The molecule has 0 radical (unpaired) electrons. The third-order valence-electron chi connectivity index (χ3n) is 4.81. The van der Waals surface area contributed by atoms with E-state index in [-0.39, 0.29) is 16.9 Å². The largest absolute Gasteiger partial charge is 0.573 e. The van der Waals surface area contributed by atoms with E-state index in [1.54, 1.807) is 0 Å². The Hall–Kier alpha value is -3.63. The van der Waals surface area contributed by atoms with E-state index in [1.807, 2.05) is 0 Å². The van der Waals surface area contributed by atoms with Crippen LogP contribution in [0.5, 0.6) is 5.75 Å². The van der Waals surface area contributed by atoms with Gasteiger partial charge in [0.25, 0.3) is 11.6 Å². The number of carbonyl (C=O) groups is 2. The van der Waals surface area contributed by atoms with E-state index in [0.717, 1.165) is 12.1 Å². The van der Waals surface area contributed by atoms with Gasteiger partial charge >= 0.3 is 6.36 Å². The standard InChI is InChI=1S/C20H18F3N3O5/c1-12-11-13(4-9-16(12)26(29)30)19(28)25-10-2-3-17(25)18(27)24-14-5-7-15(8-6-14)31-20(21,22)23/h4-9,11,17H,2-3,10H2,1H3,(H,24,27). The molecule has 3 rings (SSSR count). The molecule has 0 spiro atoms. The van der Waals surface area contributed by atoms with Crippen molar-refractivity contribution in [2.75, 3.05) is 11.9 Å². The zero-order valence-electron chi connectivity index (χ0n) is 16.3. The molecule has 11 heteroatoms. The number of ether oxygens (including phenoxy) is 1. The van der Waals surface area contributed by atoms with Crippen LogP contribution in [0.25, 0.3) is 0 Å². The molecule has 164 valence electrons. The van der Waals surface area contributed by atoms with E-state index in [9.17, 15) is 32.9 Å². The molecule has 0 aliphatic carbocycles. The summed E-state index contributed by atoms with van der Waals surface area (Å²) in [6.45, 7) is 1.86. The van der Waals surface area contributed by atoms with Gasteiger partial charge in [0.05, 0.1) is 4.92 Å². The van der Waals surface area contributed by atoms with Crippen molar-refractivity contribution in [2.24, 2.45) is 0 Å². The van der Waals surface area contributed by atoms with E-state index in [2.05, 4.69) is 10.1 Å².